The number of aromatic nitrogens is 2. The Kier molecular flexibility index (Phi) is 2.42. The van der Waals surface area contributed by atoms with Crippen LogP contribution in [0.1, 0.15) is 18.2 Å². The summed E-state index contributed by atoms with van der Waals surface area (Å²) < 4.78 is 0. The van der Waals surface area contributed by atoms with Gasteiger partial charge in [0.05, 0.1) is 11.8 Å². The van der Waals surface area contributed by atoms with Crippen LogP contribution in [0, 0.1) is 0 Å². The van der Waals surface area contributed by atoms with Crippen molar-refractivity contribution in [3.8, 4) is 0 Å². The van der Waals surface area contributed by atoms with Crippen LogP contribution in [-0.4, -0.2) is 21.8 Å². The Morgan fingerprint density at radius 3 is 3.10 bits per heavy atom. The third kappa shape index (κ3) is 1.55. The highest BCUT2D eigenvalue weighted by molar-refractivity contribution is 5.01. The lowest BCUT2D eigenvalue weighted by molar-refractivity contribution is 0.165. The van der Waals surface area contributed by atoms with Crippen LogP contribution in [0.2, 0.25) is 0 Å². The zero-order valence-electron chi connectivity index (χ0n) is 5.62. The average Bonchev–Trinajstić information content (AvgIpc) is 2.38. The van der Waals surface area contributed by atoms with Crippen molar-refractivity contribution in [3.63, 3.8) is 0 Å². The van der Waals surface area contributed by atoms with Crippen LogP contribution in [0.15, 0.2) is 12.3 Å². The lowest BCUT2D eigenvalue weighted by Gasteiger charge is -2.04. The largest absolute Gasteiger partial charge is 0.387 e. The first kappa shape index (κ1) is 7.24. The summed E-state index contributed by atoms with van der Waals surface area (Å²) in [6.45, 7) is 0.486. The van der Waals surface area contributed by atoms with E-state index in [0.717, 1.165) is 5.69 Å². The van der Waals surface area contributed by atoms with Crippen molar-refractivity contribution in [1.29, 1.82) is 0 Å². The predicted octanol–water partition coefficient (Wildman–Crippen LogP) is -0.208. The smallest absolute Gasteiger partial charge is 0.0966 e. The summed E-state index contributed by atoms with van der Waals surface area (Å²) >= 11 is 0. The van der Waals surface area contributed by atoms with Gasteiger partial charge in [-0.15, -0.1) is 0 Å². The van der Waals surface area contributed by atoms with Crippen molar-refractivity contribution < 1.29 is 5.11 Å². The molecule has 4 N–H and O–H groups in total. The van der Waals surface area contributed by atoms with Gasteiger partial charge in [-0.1, -0.05) is 0 Å². The molecule has 10 heavy (non-hydrogen) atoms. The number of nitrogens with two attached hydrogens (primary N) is 1. The first-order valence-electron chi connectivity index (χ1n) is 3.22. The number of hydrogen-bond donors (Lipinski definition) is 3. The van der Waals surface area contributed by atoms with E-state index < -0.39 is 6.10 Å². The molecule has 4 nitrogen and oxygen atoms in total. The molecular formula is C6H11N3O. The SMILES string of the molecule is NCC[C@@H](O)c1ccn[nH]1. The Morgan fingerprint density at radius 2 is 2.60 bits per heavy atom. The van der Waals surface area contributed by atoms with E-state index in [-0.39, 0.29) is 0 Å². The maximum atomic E-state index is 9.26. The third-order valence-corrected chi connectivity index (χ3v) is 1.32. The molecule has 1 aromatic rings. The first-order chi connectivity index (χ1) is 4.84. The van der Waals surface area contributed by atoms with Gasteiger partial charge >= 0.3 is 0 Å². The molecule has 0 spiro atoms. The normalized spacial score (nSPS) is 13.4. The molecule has 0 radical (unpaired) electrons. The fraction of sp³-hybridized carbons (Fsp3) is 0.500. The van der Waals surface area contributed by atoms with E-state index in [0.29, 0.717) is 13.0 Å². The molecule has 1 rings (SSSR count). The second-order valence-corrected chi connectivity index (χ2v) is 2.11. The second kappa shape index (κ2) is 3.34. The van der Waals surface area contributed by atoms with Gasteiger partial charge in [0.15, 0.2) is 0 Å². The highest BCUT2D eigenvalue weighted by Gasteiger charge is 2.05. The Hall–Kier alpha value is -0.870. The monoisotopic (exact) mass is 141 g/mol. The summed E-state index contributed by atoms with van der Waals surface area (Å²) in [7, 11) is 0. The van der Waals surface area contributed by atoms with Crippen molar-refractivity contribution in [1.82, 2.24) is 10.2 Å². The van der Waals surface area contributed by atoms with Crippen LogP contribution in [-0.2, 0) is 0 Å². The van der Waals surface area contributed by atoms with E-state index in [2.05, 4.69) is 10.2 Å². The van der Waals surface area contributed by atoms with Crippen LogP contribution in [0.3, 0.4) is 0 Å². The molecule has 1 heterocycles. The van der Waals surface area contributed by atoms with E-state index >= 15 is 0 Å². The molecule has 4 heteroatoms. The summed E-state index contributed by atoms with van der Waals surface area (Å²) in [4.78, 5) is 0. The number of aromatic amines is 1. The van der Waals surface area contributed by atoms with Gasteiger partial charge in [-0.05, 0) is 19.0 Å². The Labute approximate surface area is 59.1 Å². The molecule has 1 aromatic heterocycles. The molecule has 0 saturated carbocycles. The molecule has 0 unspecified atom stereocenters. The number of hydrogen-bond acceptors (Lipinski definition) is 3. The molecule has 0 saturated heterocycles. The Morgan fingerprint density at radius 1 is 1.80 bits per heavy atom. The Balaban J connectivity index is 2.50. The number of nitrogens with zero attached hydrogens (tertiary/aromatic N) is 1. The van der Waals surface area contributed by atoms with Crippen molar-refractivity contribution >= 4 is 0 Å². The minimum Gasteiger partial charge on any atom is -0.387 e. The van der Waals surface area contributed by atoms with Crippen molar-refractivity contribution in [2.45, 2.75) is 12.5 Å². The minimum absolute atomic E-state index is 0.486. The minimum atomic E-state index is -0.493. The van der Waals surface area contributed by atoms with Gasteiger partial charge in [0.1, 0.15) is 0 Å². The third-order valence-electron chi connectivity index (χ3n) is 1.32. The summed E-state index contributed by atoms with van der Waals surface area (Å²) in [6, 6.07) is 1.74. The predicted molar refractivity (Wildman–Crippen MR) is 37.2 cm³/mol. The average molecular weight is 141 g/mol. The molecule has 0 aliphatic heterocycles. The number of rotatable bonds is 3. The molecule has 0 bridgehead atoms. The molecule has 0 amide bonds. The lowest BCUT2D eigenvalue weighted by Crippen LogP contribution is -2.06. The van der Waals surface area contributed by atoms with Gasteiger partial charge in [-0.3, -0.25) is 5.10 Å². The Bertz CT molecular complexity index is 173. The van der Waals surface area contributed by atoms with Gasteiger partial charge in [0, 0.05) is 6.20 Å². The van der Waals surface area contributed by atoms with Crippen molar-refractivity contribution in [2.75, 3.05) is 6.54 Å². The second-order valence-electron chi connectivity index (χ2n) is 2.11. The zero-order chi connectivity index (χ0) is 7.40. The quantitative estimate of drug-likeness (QED) is 0.545. The van der Waals surface area contributed by atoms with Crippen LogP contribution in [0.25, 0.3) is 0 Å². The number of aliphatic hydroxyl groups is 1. The van der Waals surface area contributed by atoms with E-state index in [9.17, 15) is 5.11 Å². The zero-order valence-corrected chi connectivity index (χ0v) is 5.62. The number of H-pyrrole nitrogens is 1. The molecule has 0 fully saturated rings. The van der Waals surface area contributed by atoms with Crippen LogP contribution in [0.5, 0.6) is 0 Å². The molecule has 0 aliphatic carbocycles. The fourth-order valence-corrected chi connectivity index (χ4v) is 0.766. The van der Waals surface area contributed by atoms with Crippen LogP contribution < -0.4 is 5.73 Å². The maximum Gasteiger partial charge on any atom is 0.0966 e. The summed E-state index contributed by atoms with van der Waals surface area (Å²) in [5.74, 6) is 0. The molecule has 1 atom stereocenters. The van der Waals surface area contributed by atoms with Gasteiger partial charge in [-0.2, -0.15) is 5.10 Å². The summed E-state index contributed by atoms with van der Waals surface area (Å²) in [5, 5.41) is 15.6. The maximum absolute atomic E-state index is 9.26. The summed E-state index contributed by atoms with van der Waals surface area (Å²) in [5.41, 5.74) is 5.97. The van der Waals surface area contributed by atoms with Crippen LogP contribution in [0.4, 0.5) is 0 Å². The first-order valence-corrected chi connectivity index (χ1v) is 3.22. The van der Waals surface area contributed by atoms with E-state index in [1.807, 2.05) is 0 Å². The van der Waals surface area contributed by atoms with Gasteiger partial charge in [0.25, 0.3) is 0 Å². The van der Waals surface area contributed by atoms with Crippen molar-refractivity contribution in [3.05, 3.63) is 18.0 Å². The molecule has 0 aromatic carbocycles. The number of aliphatic hydroxyl groups excluding tert-OH is 1. The standard InChI is InChI=1S/C6H11N3O/c7-3-1-6(10)5-2-4-8-9-5/h2,4,6,10H,1,3,7H2,(H,8,9)/t6-/m1/s1. The van der Waals surface area contributed by atoms with E-state index in [1.165, 1.54) is 0 Å². The topological polar surface area (TPSA) is 74.9 Å². The van der Waals surface area contributed by atoms with Crippen molar-refractivity contribution in [2.24, 2.45) is 5.73 Å². The molecular weight excluding hydrogens is 130 g/mol. The van der Waals surface area contributed by atoms with Gasteiger partial charge < -0.3 is 10.8 Å². The van der Waals surface area contributed by atoms with E-state index in [4.69, 9.17) is 5.73 Å². The summed E-state index contributed by atoms with van der Waals surface area (Å²) in [6.07, 6.45) is 1.68. The highest BCUT2D eigenvalue weighted by Crippen LogP contribution is 2.10. The number of nitrogens with one attached hydrogen (secondary N) is 1. The van der Waals surface area contributed by atoms with Crippen LogP contribution >= 0.6 is 0 Å². The molecule has 56 valence electrons. The highest BCUT2D eigenvalue weighted by atomic mass is 16.3. The van der Waals surface area contributed by atoms with E-state index in [1.54, 1.807) is 12.3 Å². The molecule has 0 aliphatic rings. The lowest BCUT2D eigenvalue weighted by atomic mass is 10.2. The fourth-order valence-electron chi connectivity index (χ4n) is 0.766. The van der Waals surface area contributed by atoms with Gasteiger partial charge in [0.2, 0.25) is 0 Å². The van der Waals surface area contributed by atoms with Gasteiger partial charge in [-0.25, -0.2) is 0 Å².